The first kappa shape index (κ1) is 21.9. The van der Waals surface area contributed by atoms with Crippen LogP contribution in [0.1, 0.15) is 55.4 Å². The number of imide groups is 1. The van der Waals surface area contributed by atoms with Gasteiger partial charge in [-0.25, -0.2) is 9.59 Å². The molecule has 7 nitrogen and oxygen atoms in total. The summed E-state index contributed by atoms with van der Waals surface area (Å²) in [5, 5.41) is 0.492. The third-order valence-corrected chi connectivity index (χ3v) is 1.69. The van der Waals surface area contributed by atoms with Gasteiger partial charge in [-0.05, 0) is 54.5 Å². The van der Waals surface area contributed by atoms with Crippen LogP contribution >= 0.6 is 0 Å². The van der Waals surface area contributed by atoms with Crippen molar-refractivity contribution in [2.24, 2.45) is 5.73 Å². The molecule has 0 heterocycles. The molecule has 0 aromatic carbocycles. The van der Waals surface area contributed by atoms with Crippen LogP contribution < -0.4 is 5.73 Å². The molecule has 0 saturated heterocycles. The minimum Gasteiger partial charge on any atom is -0.442 e. The maximum Gasteiger partial charge on any atom is 0.444 e. The summed E-state index contributed by atoms with van der Waals surface area (Å²) in [6, 6.07) is 0. The molecule has 0 atom stereocenters. The molecule has 0 aliphatic rings. The lowest BCUT2D eigenvalue weighted by atomic mass is 10.2. The van der Waals surface area contributed by atoms with E-state index >= 15 is 0 Å². The average molecular weight is 306 g/mol. The summed E-state index contributed by atoms with van der Waals surface area (Å²) < 4.78 is 10.2. The molecule has 0 aliphatic heterocycles. The van der Waals surface area contributed by atoms with Crippen molar-refractivity contribution in [3.8, 4) is 0 Å². The molecule has 0 bridgehead atoms. The zero-order chi connectivity index (χ0) is 16.0. The molecule has 0 fully saturated rings. The number of rotatable bonds is 4. The first-order valence-corrected chi connectivity index (χ1v) is 6.55. The van der Waals surface area contributed by atoms with Crippen molar-refractivity contribution < 1.29 is 23.9 Å². The van der Waals surface area contributed by atoms with E-state index in [2.05, 4.69) is 0 Å². The van der Waals surface area contributed by atoms with Gasteiger partial charge in [-0.3, -0.25) is 4.84 Å². The summed E-state index contributed by atoms with van der Waals surface area (Å²) in [6.45, 7) is 10.7. The van der Waals surface area contributed by atoms with E-state index in [4.69, 9.17) is 20.0 Å². The minimum atomic E-state index is -0.913. The minimum absolute atomic E-state index is 0. The fourth-order valence-corrected chi connectivity index (χ4v) is 1.03. The second-order valence-corrected chi connectivity index (χ2v) is 6.23. The normalized spacial score (nSPS) is 11.4. The Morgan fingerprint density at radius 2 is 1.33 bits per heavy atom. The number of nitrogens with two attached hydrogens (primary N) is 1. The number of amides is 2. The fraction of sp³-hybridized carbons (Fsp3) is 0.857. The van der Waals surface area contributed by atoms with Gasteiger partial charge in [-0.1, -0.05) is 12.5 Å². The summed E-state index contributed by atoms with van der Waals surface area (Å²) in [5.74, 6) is 0. The Balaban J connectivity index is 0. The van der Waals surface area contributed by atoms with E-state index in [-0.39, 0.29) is 14.0 Å². The van der Waals surface area contributed by atoms with Crippen molar-refractivity contribution in [1.82, 2.24) is 5.06 Å². The van der Waals surface area contributed by atoms with Gasteiger partial charge in [0.1, 0.15) is 11.2 Å². The first-order valence-electron chi connectivity index (χ1n) is 6.55. The highest BCUT2D eigenvalue weighted by Crippen LogP contribution is 2.14. The second-order valence-electron chi connectivity index (χ2n) is 6.23. The van der Waals surface area contributed by atoms with Crippen LogP contribution in [-0.2, 0) is 14.3 Å². The monoisotopic (exact) mass is 306 g/mol. The van der Waals surface area contributed by atoms with Gasteiger partial charge in [-0.2, -0.15) is 0 Å². The third-order valence-electron chi connectivity index (χ3n) is 1.69. The van der Waals surface area contributed by atoms with Crippen LogP contribution in [0.5, 0.6) is 0 Å². The largest absolute Gasteiger partial charge is 0.444 e. The standard InChI is InChI=1S/C13H26N2O5.CH4/c1-12(2,3)19-10(16)15(18-9-7-8-14)11(17)20-13(4,5)6;/h7-9,14H2,1-6H3;1H4. The van der Waals surface area contributed by atoms with E-state index < -0.39 is 23.4 Å². The molecule has 0 radical (unpaired) electrons. The van der Waals surface area contributed by atoms with E-state index in [1.165, 1.54) is 0 Å². The Morgan fingerprint density at radius 1 is 0.952 bits per heavy atom. The van der Waals surface area contributed by atoms with E-state index in [9.17, 15) is 9.59 Å². The molecule has 0 rings (SSSR count). The van der Waals surface area contributed by atoms with E-state index in [0.717, 1.165) is 0 Å². The van der Waals surface area contributed by atoms with Gasteiger partial charge in [0.15, 0.2) is 0 Å². The van der Waals surface area contributed by atoms with Crippen molar-refractivity contribution in [1.29, 1.82) is 0 Å². The molecule has 0 spiro atoms. The number of carbonyl (C=O) groups is 2. The number of carbonyl (C=O) groups excluding carboxylic acids is 2. The number of nitrogens with zero attached hydrogens (tertiary/aromatic N) is 1. The van der Waals surface area contributed by atoms with Gasteiger partial charge in [0, 0.05) is 0 Å². The van der Waals surface area contributed by atoms with Crippen molar-refractivity contribution in [2.45, 2.75) is 66.6 Å². The van der Waals surface area contributed by atoms with Gasteiger partial charge in [-0.15, -0.1) is 0 Å². The van der Waals surface area contributed by atoms with Gasteiger partial charge in [0.25, 0.3) is 0 Å². The van der Waals surface area contributed by atoms with Crippen molar-refractivity contribution in [3.63, 3.8) is 0 Å². The van der Waals surface area contributed by atoms with Crippen LogP contribution in [0.15, 0.2) is 0 Å². The molecule has 21 heavy (non-hydrogen) atoms. The molecule has 126 valence electrons. The molecule has 0 aromatic heterocycles. The second kappa shape index (κ2) is 8.84. The Morgan fingerprint density at radius 3 is 1.62 bits per heavy atom. The average Bonchev–Trinajstić information content (AvgIpc) is 2.18. The Bertz CT molecular complexity index is 303. The zero-order valence-electron chi connectivity index (χ0n) is 13.2. The topological polar surface area (TPSA) is 91.1 Å². The van der Waals surface area contributed by atoms with Crippen LogP contribution in [0.4, 0.5) is 9.59 Å². The predicted octanol–water partition coefficient (Wildman–Crippen LogP) is 3.08. The maximum atomic E-state index is 11.9. The molecular formula is C14H30N2O5. The summed E-state index contributed by atoms with van der Waals surface area (Å²) in [6.07, 6.45) is -1.32. The smallest absolute Gasteiger partial charge is 0.442 e. The number of hydroxylamine groups is 2. The summed E-state index contributed by atoms with van der Waals surface area (Å²) >= 11 is 0. The van der Waals surface area contributed by atoms with E-state index in [1.807, 2.05) is 0 Å². The maximum absolute atomic E-state index is 11.9. The van der Waals surface area contributed by atoms with Crippen LogP contribution in [0, 0.1) is 0 Å². The van der Waals surface area contributed by atoms with E-state index in [1.54, 1.807) is 41.5 Å². The summed E-state index contributed by atoms with van der Waals surface area (Å²) in [4.78, 5) is 29.0. The lowest BCUT2D eigenvalue weighted by molar-refractivity contribution is -0.138. The third kappa shape index (κ3) is 11.0. The van der Waals surface area contributed by atoms with Crippen molar-refractivity contribution in [2.75, 3.05) is 13.2 Å². The zero-order valence-corrected chi connectivity index (χ0v) is 13.2. The first-order chi connectivity index (χ1) is 8.96. The van der Waals surface area contributed by atoms with Crippen molar-refractivity contribution in [3.05, 3.63) is 0 Å². The highest BCUT2D eigenvalue weighted by Gasteiger charge is 2.32. The number of ether oxygens (including phenoxy) is 2. The quantitative estimate of drug-likeness (QED) is 0.634. The van der Waals surface area contributed by atoms with Crippen LogP contribution in [0.25, 0.3) is 0 Å². The number of hydrogen-bond donors (Lipinski definition) is 1. The lowest BCUT2D eigenvalue weighted by Crippen LogP contribution is -2.43. The van der Waals surface area contributed by atoms with Gasteiger partial charge < -0.3 is 15.2 Å². The molecule has 0 aliphatic carbocycles. The molecule has 2 amide bonds. The highest BCUT2D eigenvalue weighted by molar-refractivity contribution is 5.86. The van der Waals surface area contributed by atoms with Crippen molar-refractivity contribution >= 4 is 12.2 Å². The van der Waals surface area contributed by atoms with Gasteiger partial charge >= 0.3 is 12.2 Å². The summed E-state index contributed by atoms with van der Waals surface area (Å²) in [5.41, 5.74) is 3.86. The van der Waals surface area contributed by atoms with Gasteiger partial charge in [0.05, 0.1) is 6.61 Å². The van der Waals surface area contributed by atoms with Gasteiger partial charge in [0.2, 0.25) is 0 Å². The van der Waals surface area contributed by atoms with E-state index in [0.29, 0.717) is 18.0 Å². The van der Waals surface area contributed by atoms with Crippen LogP contribution in [0.2, 0.25) is 0 Å². The Labute approximate surface area is 127 Å². The SMILES string of the molecule is C.CC(C)(C)OC(=O)N(OCCCN)C(=O)OC(C)(C)C. The highest BCUT2D eigenvalue weighted by atomic mass is 16.8. The molecule has 0 aromatic rings. The molecular weight excluding hydrogens is 276 g/mol. The van der Waals surface area contributed by atoms with Crippen LogP contribution in [-0.4, -0.2) is 41.6 Å². The predicted molar refractivity (Wildman–Crippen MR) is 80.7 cm³/mol. The summed E-state index contributed by atoms with van der Waals surface area (Å²) in [7, 11) is 0. The molecule has 0 unspecified atom stereocenters. The number of hydrogen-bond acceptors (Lipinski definition) is 6. The Hall–Kier alpha value is -1.34. The fourth-order valence-electron chi connectivity index (χ4n) is 1.03. The molecule has 7 heteroatoms. The van der Waals surface area contributed by atoms with Crippen LogP contribution in [0.3, 0.4) is 0 Å². The Kier molecular flexibility index (Phi) is 9.24. The lowest BCUT2D eigenvalue weighted by Gasteiger charge is -2.27. The molecule has 0 saturated carbocycles. The molecule has 2 N–H and O–H groups in total.